The molecule has 0 radical (unpaired) electrons. The molecular formula is C15H21N3. The van der Waals surface area contributed by atoms with E-state index < -0.39 is 0 Å². The van der Waals surface area contributed by atoms with Crippen LogP contribution < -0.4 is 5.32 Å². The van der Waals surface area contributed by atoms with Crippen molar-refractivity contribution in [3.05, 3.63) is 40.6 Å². The molecule has 0 amide bonds. The zero-order valence-corrected chi connectivity index (χ0v) is 11.6. The number of hydrogen-bond acceptors (Lipinski definition) is 2. The van der Waals surface area contributed by atoms with E-state index in [1.807, 2.05) is 7.05 Å². The number of likely N-dealkylation sites (N-methyl/N-ethyl adjacent to an activating group) is 1. The average Bonchev–Trinajstić information content (AvgIpc) is 2.82. The van der Waals surface area contributed by atoms with E-state index in [-0.39, 0.29) is 0 Å². The summed E-state index contributed by atoms with van der Waals surface area (Å²) in [5.41, 5.74) is 7.46. The highest BCUT2D eigenvalue weighted by molar-refractivity contribution is 5.66. The maximum absolute atomic E-state index is 4.42. The normalized spacial score (nSPS) is 10.9. The van der Waals surface area contributed by atoms with Crippen LogP contribution in [0.15, 0.2) is 18.2 Å². The first-order valence-corrected chi connectivity index (χ1v) is 6.39. The maximum atomic E-state index is 4.42. The fraction of sp³-hybridized carbons (Fsp3) is 0.400. The first-order chi connectivity index (χ1) is 8.63. The number of aromatic nitrogens is 2. The molecular weight excluding hydrogens is 222 g/mol. The molecule has 18 heavy (non-hydrogen) atoms. The number of H-pyrrole nitrogens is 1. The van der Waals surface area contributed by atoms with Crippen molar-refractivity contribution in [2.24, 2.45) is 0 Å². The van der Waals surface area contributed by atoms with Crippen molar-refractivity contribution in [3.8, 4) is 11.3 Å². The van der Waals surface area contributed by atoms with Crippen molar-refractivity contribution < 1.29 is 0 Å². The molecule has 96 valence electrons. The molecule has 1 aromatic carbocycles. The molecule has 1 heterocycles. The lowest BCUT2D eigenvalue weighted by atomic mass is 9.97. The van der Waals surface area contributed by atoms with Crippen molar-refractivity contribution >= 4 is 0 Å². The fourth-order valence-electron chi connectivity index (χ4n) is 2.12. The van der Waals surface area contributed by atoms with Crippen LogP contribution in [0, 0.1) is 20.8 Å². The molecule has 3 heteroatoms. The van der Waals surface area contributed by atoms with Gasteiger partial charge in [0.1, 0.15) is 0 Å². The van der Waals surface area contributed by atoms with E-state index >= 15 is 0 Å². The Morgan fingerprint density at radius 3 is 2.67 bits per heavy atom. The molecule has 0 aliphatic heterocycles. The Morgan fingerprint density at radius 2 is 1.94 bits per heavy atom. The number of aryl methyl sites for hydroxylation is 1. The van der Waals surface area contributed by atoms with E-state index in [2.05, 4.69) is 54.5 Å². The standard InChI is InChI=1S/C15H21N3/c1-10-5-6-14(12(3)11(10)2)15-9-13(17-18-15)7-8-16-4/h5-6,9,16H,7-8H2,1-4H3,(H,17,18). The lowest BCUT2D eigenvalue weighted by Gasteiger charge is -2.08. The Bertz CT molecular complexity index is 541. The SMILES string of the molecule is CNCCc1cc(-c2ccc(C)c(C)c2C)n[nH]1. The van der Waals surface area contributed by atoms with Crippen molar-refractivity contribution in [1.82, 2.24) is 15.5 Å². The van der Waals surface area contributed by atoms with E-state index in [0.29, 0.717) is 0 Å². The molecule has 1 aromatic heterocycles. The molecule has 2 aromatic rings. The van der Waals surface area contributed by atoms with Gasteiger partial charge in [0.25, 0.3) is 0 Å². The second kappa shape index (κ2) is 5.36. The topological polar surface area (TPSA) is 40.7 Å². The van der Waals surface area contributed by atoms with E-state index in [1.165, 1.54) is 27.9 Å². The third-order valence-corrected chi connectivity index (χ3v) is 3.61. The summed E-state index contributed by atoms with van der Waals surface area (Å²) in [4.78, 5) is 0. The van der Waals surface area contributed by atoms with Crippen LogP contribution in [0.25, 0.3) is 11.3 Å². The second-order valence-corrected chi connectivity index (χ2v) is 4.81. The van der Waals surface area contributed by atoms with Crippen LogP contribution in [0.4, 0.5) is 0 Å². The van der Waals surface area contributed by atoms with Crippen molar-refractivity contribution in [2.45, 2.75) is 27.2 Å². The Labute approximate surface area is 109 Å². The van der Waals surface area contributed by atoms with Gasteiger partial charge in [-0.25, -0.2) is 0 Å². The number of nitrogens with one attached hydrogen (secondary N) is 2. The lowest BCUT2D eigenvalue weighted by molar-refractivity contribution is 0.772. The van der Waals surface area contributed by atoms with Crippen LogP contribution in [0.5, 0.6) is 0 Å². The van der Waals surface area contributed by atoms with Crippen molar-refractivity contribution in [1.29, 1.82) is 0 Å². The highest BCUT2D eigenvalue weighted by Crippen LogP contribution is 2.26. The Hall–Kier alpha value is -1.61. The van der Waals surface area contributed by atoms with Gasteiger partial charge in [0.15, 0.2) is 0 Å². The molecule has 0 fully saturated rings. The summed E-state index contributed by atoms with van der Waals surface area (Å²) >= 11 is 0. The molecule has 0 aliphatic carbocycles. The maximum Gasteiger partial charge on any atom is 0.0926 e. The predicted molar refractivity (Wildman–Crippen MR) is 75.9 cm³/mol. The zero-order chi connectivity index (χ0) is 13.1. The van der Waals surface area contributed by atoms with Crippen LogP contribution in [-0.4, -0.2) is 23.8 Å². The first kappa shape index (κ1) is 12.8. The number of benzene rings is 1. The second-order valence-electron chi connectivity index (χ2n) is 4.81. The average molecular weight is 243 g/mol. The molecule has 0 spiro atoms. The molecule has 0 aliphatic rings. The van der Waals surface area contributed by atoms with E-state index in [0.717, 1.165) is 18.7 Å². The van der Waals surface area contributed by atoms with E-state index in [9.17, 15) is 0 Å². The molecule has 0 unspecified atom stereocenters. The molecule has 0 saturated heterocycles. The number of aromatic amines is 1. The van der Waals surface area contributed by atoms with Crippen molar-refractivity contribution in [2.75, 3.05) is 13.6 Å². The van der Waals surface area contributed by atoms with Gasteiger partial charge in [-0.2, -0.15) is 5.10 Å². The zero-order valence-electron chi connectivity index (χ0n) is 11.6. The molecule has 2 rings (SSSR count). The van der Waals surface area contributed by atoms with Crippen LogP contribution in [0.3, 0.4) is 0 Å². The van der Waals surface area contributed by atoms with Gasteiger partial charge in [-0.05, 0) is 50.6 Å². The third kappa shape index (κ3) is 2.46. The van der Waals surface area contributed by atoms with Crippen molar-refractivity contribution in [3.63, 3.8) is 0 Å². The minimum atomic E-state index is 0.966. The molecule has 0 saturated carbocycles. The minimum absolute atomic E-state index is 0.966. The van der Waals surface area contributed by atoms with Gasteiger partial charge < -0.3 is 5.32 Å². The van der Waals surface area contributed by atoms with Crippen LogP contribution in [0.2, 0.25) is 0 Å². The largest absolute Gasteiger partial charge is 0.319 e. The highest BCUT2D eigenvalue weighted by Gasteiger charge is 2.09. The quantitative estimate of drug-likeness (QED) is 0.867. The van der Waals surface area contributed by atoms with E-state index in [1.54, 1.807) is 0 Å². The Morgan fingerprint density at radius 1 is 1.17 bits per heavy atom. The Balaban J connectivity index is 2.31. The summed E-state index contributed by atoms with van der Waals surface area (Å²) in [6.07, 6.45) is 0.980. The summed E-state index contributed by atoms with van der Waals surface area (Å²) < 4.78 is 0. The van der Waals surface area contributed by atoms with Gasteiger partial charge in [-0.15, -0.1) is 0 Å². The molecule has 0 bridgehead atoms. The van der Waals surface area contributed by atoms with Gasteiger partial charge >= 0.3 is 0 Å². The summed E-state index contributed by atoms with van der Waals surface area (Å²) in [5, 5.41) is 10.7. The summed E-state index contributed by atoms with van der Waals surface area (Å²) in [6.45, 7) is 7.45. The third-order valence-electron chi connectivity index (χ3n) is 3.61. The van der Waals surface area contributed by atoms with Gasteiger partial charge in [0.2, 0.25) is 0 Å². The molecule has 3 nitrogen and oxygen atoms in total. The first-order valence-electron chi connectivity index (χ1n) is 6.39. The van der Waals surface area contributed by atoms with Gasteiger partial charge in [-0.3, -0.25) is 5.10 Å². The number of rotatable bonds is 4. The van der Waals surface area contributed by atoms with Gasteiger partial charge in [0.05, 0.1) is 5.69 Å². The minimum Gasteiger partial charge on any atom is -0.319 e. The Kier molecular flexibility index (Phi) is 3.82. The monoisotopic (exact) mass is 243 g/mol. The smallest absolute Gasteiger partial charge is 0.0926 e. The number of nitrogens with zero attached hydrogens (tertiary/aromatic N) is 1. The summed E-state index contributed by atoms with van der Waals surface area (Å²) in [6, 6.07) is 6.48. The van der Waals surface area contributed by atoms with Crippen LogP contribution in [-0.2, 0) is 6.42 Å². The van der Waals surface area contributed by atoms with E-state index in [4.69, 9.17) is 0 Å². The van der Waals surface area contributed by atoms with Crippen LogP contribution in [0.1, 0.15) is 22.4 Å². The van der Waals surface area contributed by atoms with Crippen LogP contribution >= 0.6 is 0 Å². The van der Waals surface area contributed by atoms with Gasteiger partial charge in [-0.1, -0.05) is 12.1 Å². The predicted octanol–water partition coefficient (Wildman–Crippen LogP) is 2.76. The highest BCUT2D eigenvalue weighted by atomic mass is 15.1. The number of hydrogen-bond donors (Lipinski definition) is 2. The lowest BCUT2D eigenvalue weighted by Crippen LogP contribution is -2.10. The molecule has 0 atom stereocenters. The molecule has 2 N–H and O–H groups in total. The summed E-state index contributed by atoms with van der Waals surface area (Å²) in [7, 11) is 1.96. The van der Waals surface area contributed by atoms with Gasteiger partial charge in [0, 0.05) is 24.2 Å². The fourth-order valence-corrected chi connectivity index (χ4v) is 2.12. The summed E-state index contributed by atoms with van der Waals surface area (Å²) in [5.74, 6) is 0.